The average Bonchev–Trinajstić information content (AvgIpc) is 2.55. The van der Waals surface area contributed by atoms with Crippen LogP contribution in [-0.4, -0.2) is 14.3 Å². The van der Waals surface area contributed by atoms with E-state index in [9.17, 15) is 22.0 Å². The van der Waals surface area contributed by atoms with Gasteiger partial charge in [-0.25, -0.2) is 17.2 Å². The highest BCUT2D eigenvalue weighted by Crippen LogP contribution is 2.29. The zero-order chi connectivity index (χ0) is 20.5. The molecule has 0 saturated carbocycles. The van der Waals surface area contributed by atoms with Gasteiger partial charge < -0.3 is 5.32 Å². The second kappa shape index (κ2) is 7.26. The van der Waals surface area contributed by atoms with Crippen molar-refractivity contribution < 1.29 is 22.0 Å². The first-order valence-electron chi connectivity index (χ1n) is 8.22. The molecule has 2 rings (SSSR count). The summed E-state index contributed by atoms with van der Waals surface area (Å²) < 4.78 is 54.1. The number of carbonyl (C=O) groups excluding carboxylic acids is 1. The average molecular weight is 396 g/mol. The Kier molecular flexibility index (Phi) is 5.60. The number of alkyl halides is 2. The fraction of sp³-hybridized carbons (Fsp3) is 0.316. The van der Waals surface area contributed by atoms with E-state index in [0.29, 0.717) is 12.6 Å². The molecule has 8 heteroatoms. The standard InChI is InChI=1S/C19H22F2N2O3S/c1-18(2,3)17(24)22-14-8-10-15(11-9-14)23-27(25,26)16-7-5-6-13(12-16)19(4,20)21/h5-12,23H,1-4H3,(H,22,24). The van der Waals surface area contributed by atoms with Crippen LogP contribution in [0.4, 0.5) is 20.2 Å². The van der Waals surface area contributed by atoms with Gasteiger partial charge in [-0.1, -0.05) is 32.9 Å². The normalized spacial score (nSPS) is 12.5. The van der Waals surface area contributed by atoms with Gasteiger partial charge in [0.05, 0.1) is 4.90 Å². The molecule has 2 aromatic carbocycles. The summed E-state index contributed by atoms with van der Waals surface area (Å²) in [5.74, 6) is -3.31. The fourth-order valence-electron chi connectivity index (χ4n) is 2.09. The van der Waals surface area contributed by atoms with E-state index in [2.05, 4.69) is 10.0 Å². The van der Waals surface area contributed by atoms with Gasteiger partial charge in [-0.15, -0.1) is 0 Å². The molecule has 5 nitrogen and oxygen atoms in total. The van der Waals surface area contributed by atoms with Crippen LogP contribution in [0.25, 0.3) is 0 Å². The van der Waals surface area contributed by atoms with E-state index in [4.69, 9.17) is 0 Å². The molecule has 0 aliphatic rings. The Morgan fingerprint density at radius 3 is 2.00 bits per heavy atom. The minimum Gasteiger partial charge on any atom is -0.326 e. The molecule has 0 bridgehead atoms. The lowest BCUT2D eigenvalue weighted by Crippen LogP contribution is -2.27. The Balaban J connectivity index is 2.18. The van der Waals surface area contributed by atoms with Gasteiger partial charge in [-0.05, 0) is 36.4 Å². The summed E-state index contributed by atoms with van der Waals surface area (Å²) >= 11 is 0. The van der Waals surface area contributed by atoms with Gasteiger partial charge >= 0.3 is 0 Å². The summed E-state index contributed by atoms with van der Waals surface area (Å²) in [7, 11) is -4.03. The first kappa shape index (κ1) is 20.8. The van der Waals surface area contributed by atoms with Crippen molar-refractivity contribution in [2.75, 3.05) is 10.0 Å². The number of carbonyl (C=O) groups is 1. The molecule has 2 N–H and O–H groups in total. The lowest BCUT2D eigenvalue weighted by molar-refractivity contribution is -0.123. The number of hydrogen-bond acceptors (Lipinski definition) is 3. The van der Waals surface area contributed by atoms with Gasteiger partial charge in [0, 0.05) is 29.3 Å². The van der Waals surface area contributed by atoms with Crippen LogP contribution >= 0.6 is 0 Å². The molecule has 1 amide bonds. The van der Waals surface area contributed by atoms with Gasteiger partial charge in [-0.3, -0.25) is 9.52 Å². The summed E-state index contributed by atoms with van der Waals surface area (Å²) in [4.78, 5) is 11.7. The zero-order valence-electron chi connectivity index (χ0n) is 15.5. The van der Waals surface area contributed by atoms with Crippen LogP contribution in [0, 0.1) is 5.41 Å². The Bertz CT molecular complexity index is 929. The molecule has 0 radical (unpaired) electrons. The molecule has 146 valence electrons. The first-order chi connectivity index (χ1) is 12.3. The Morgan fingerprint density at radius 2 is 1.48 bits per heavy atom. The van der Waals surface area contributed by atoms with Gasteiger partial charge in [0.25, 0.3) is 15.9 Å². The quantitative estimate of drug-likeness (QED) is 0.777. The van der Waals surface area contributed by atoms with Crippen molar-refractivity contribution in [3.8, 4) is 0 Å². The van der Waals surface area contributed by atoms with Gasteiger partial charge in [0.1, 0.15) is 0 Å². The minimum absolute atomic E-state index is 0.173. The molecule has 0 fully saturated rings. The Morgan fingerprint density at radius 1 is 0.926 bits per heavy atom. The highest BCUT2D eigenvalue weighted by atomic mass is 32.2. The third kappa shape index (κ3) is 5.50. The highest BCUT2D eigenvalue weighted by molar-refractivity contribution is 7.92. The van der Waals surface area contributed by atoms with Crippen molar-refractivity contribution in [2.45, 2.75) is 38.5 Å². The number of amides is 1. The van der Waals surface area contributed by atoms with E-state index < -0.39 is 21.4 Å². The second-order valence-electron chi connectivity index (χ2n) is 7.30. The van der Waals surface area contributed by atoms with Crippen molar-refractivity contribution in [1.29, 1.82) is 0 Å². The van der Waals surface area contributed by atoms with Gasteiger partial charge in [-0.2, -0.15) is 0 Å². The van der Waals surface area contributed by atoms with Crippen LogP contribution < -0.4 is 10.0 Å². The second-order valence-corrected chi connectivity index (χ2v) is 8.99. The monoisotopic (exact) mass is 396 g/mol. The predicted octanol–water partition coefficient (Wildman–Crippen LogP) is 4.58. The number of halogens is 2. The fourth-order valence-corrected chi connectivity index (χ4v) is 3.19. The molecule has 27 heavy (non-hydrogen) atoms. The van der Waals surface area contributed by atoms with Crippen molar-refractivity contribution in [3.63, 3.8) is 0 Å². The number of sulfonamides is 1. The third-order valence-corrected chi connectivity index (χ3v) is 5.11. The lowest BCUT2D eigenvalue weighted by Gasteiger charge is -2.18. The molecule has 0 unspecified atom stereocenters. The molecule has 0 atom stereocenters. The van der Waals surface area contributed by atoms with E-state index in [1.165, 1.54) is 30.3 Å². The summed E-state index contributed by atoms with van der Waals surface area (Å²) in [5.41, 5.74) is -0.180. The van der Waals surface area contributed by atoms with Crippen LogP contribution in [-0.2, 0) is 20.7 Å². The van der Waals surface area contributed by atoms with Crippen molar-refractivity contribution >= 4 is 27.3 Å². The van der Waals surface area contributed by atoms with Crippen molar-refractivity contribution in [2.24, 2.45) is 5.41 Å². The third-order valence-electron chi connectivity index (χ3n) is 3.73. The molecule has 0 saturated heterocycles. The van der Waals surface area contributed by atoms with E-state index in [-0.39, 0.29) is 22.1 Å². The molecule has 0 aromatic heterocycles. The number of hydrogen-bond donors (Lipinski definition) is 2. The predicted molar refractivity (Wildman–Crippen MR) is 101 cm³/mol. The van der Waals surface area contributed by atoms with E-state index in [0.717, 1.165) is 6.07 Å². The molecule has 0 aliphatic carbocycles. The number of anilines is 2. The molecule has 0 heterocycles. The molecule has 2 aromatic rings. The van der Waals surface area contributed by atoms with Gasteiger partial charge in [0.15, 0.2) is 0 Å². The number of rotatable bonds is 5. The lowest BCUT2D eigenvalue weighted by atomic mass is 9.95. The first-order valence-corrected chi connectivity index (χ1v) is 9.70. The minimum atomic E-state index is -4.03. The number of nitrogens with one attached hydrogen (secondary N) is 2. The van der Waals surface area contributed by atoms with Crippen LogP contribution in [0.15, 0.2) is 53.4 Å². The van der Waals surface area contributed by atoms with Crippen molar-refractivity contribution in [3.05, 3.63) is 54.1 Å². The maximum Gasteiger partial charge on any atom is 0.270 e. The molecular formula is C19H22F2N2O3S. The SMILES string of the molecule is CC(C)(C)C(=O)Nc1ccc(NS(=O)(=O)c2cccc(C(C)(F)F)c2)cc1. The van der Waals surface area contributed by atoms with E-state index in [1.54, 1.807) is 32.9 Å². The topological polar surface area (TPSA) is 75.3 Å². The highest BCUT2D eigenvalue weighted by Gasteiger charge is 2.26. The van der Waals surface area contributed by atoms with Crippen LogP contribution in [0.3, 0.4) is 0 Å². The summed E-state index contributed by atoms with van der Waals surface area (Å²) in [6, 6.07) is 10.7. The largest absolute Gasteiger partial charge is 0.326 e. The maximum absolute atomic E-state index is 13.4. The number of benzene rings is 2. The smallest absolute Gasteiger partial charge is 0.270 e. The van der Waals surface area contributed by atoms with Crippen LogP contribution in [0.2, 0.25) is 0 Å². The van der Waals surface area contributed by atoms with Crippen LogP contribution in [0.1, 0.15) is 33.3 Å². The Hall–Kier alpha value is -2.48. The molecule has 0 aliphatic heterocycles. The van der Waals surface area contributed by atoms with Crippen molar-refractivity contribution in [1.82, 2.24) is 0 Å². The van der Waals surface area contributed by atoms with Gasteiger partial charge in [0.2, 0.25) is 5.91 Å². The maximum atomic E-state index is 13.4. The zero-order valence-corrected chi connectivity index (χ0v) is 16.3. The summed E-state index contributed by atoms with van der Waals surface area (Å²) in [5, 5.41) is 2.73. The van der Waals surface area contributed by atoms with E-state index >= 15 is 0 Å². The van der Waals surface area contributed by atoms with E-state index in [1.807, 2.05) is 0 Å². The van der Waals surface area contributed by atoms with Crippen LogP contribution in [0.5, 0.6) is 0 Å². The molecular weight excluding hydrogens is 374 g/mol. The Labute approximate surface area is 157 Å². The molecule has 0 spiro atoms. The summed E-state index contributed by atoms with van der Waals surface area (Å²) in [6.07, 6.45) is 0. The summed E-state index contributed by atoms with van der Waals surface area (Å²) in [6.45, 7) is 6.03.